The third-order valence-corrected chi connectivity index (χ3v) is 2.46. The first-order valence-electron chi connectivity index (χ1n) is 5.58. The Balaban J connectivity index is 3.06. The van der Waals surface area contributed by atoms with Crippen LogP contribution in [0.15, 0.2) is 18.2 Å². The minimum Gasteiger partial charge on any atom is -0.493 e. The Bertz CT molecular complexity index is 485. The Morgan fingerprint density at radius 2 is 2.00 bits per heavy atom. The summed E-state index contributed by atoms with van der Waals surface area (Å²) in [6.07, 6.45) is -1.05. The third-order valence-electron chi connectivity index (χ3n) is 2.46. The summed E-state index contributed by atoms with van der Waals surface area (Å²) >= 11 is 0. The van der Waals surface area contributed by atoms with Gasteiger partial charge in [-0.05, 0) is 6.07 Å². The highest BCUT2D eigenvalue weighted by Gasteiger charge is 2.25. The molecule has 104 valence electrons. The normalized spacial score (nSPS) is 12.0. The summed E-state index contributed by atoms with van der Waals surface area (Å²) in [7, 11) is 1.33. The van der Waals surface area contributed by atoms with Crippen molar-refractivity contribution in [2.45, 2.75) is 20.0 Å². The van der Waals surface area contributed by atoms with Gasteiger partial charge in [0.1, 0.15) is 0 Å². The highest BCUT2D eigenvalue weighted by molar-refractivity contribution is 5.73. The van der Waals surface area contributed by atoms with E-state index in [0.29, 0.717) is 0 Å². The fraction of sp³-hybridized carbons (Fsp3) is 0.417. The highest BCUT2D eigenvalue weighted by atomic mass is 16.6. The predicted molar refractivity (Wildman–Crippen MR) is 66.5 cm³/mol. The van der Waals surface area contributed by atoms with E-state index in [2.05, 4.69) is 0 Å². The van der Waals surface area contributed by atoms with E-state index in [0.717, 1.165) is 0 Å². The third kappa shape index (κ3) is 3.57. The maximum absolute atomic E-state index is 11.0. The van der Waals surface area contributed by atoms with Gasteiger partial charge in [-0.15, -0.1) is 0 Å². The van der Waals surface area contributed by atoms with Crippen LogP contribution in [0.1, 0.15) is 13.8 Å². The van der Waals surface area contributed by atoms with Crippen LogP contribution in [0.3, 0.4) is 0 Å². The Morgan fingerprint density at radius 3 is 2.42 bits per heavy atom. The lowest BCUT2D eigenvalue weighted by Gasteiger charge is -2.19. The van der Waals surface area contributed by atoms with Crippen LogP contribution in [-0.2, 0) is 4.79 Å². The molecule has 0 aromatic heterocycles. The molecule has 0 saturated carbocycles. The topological polar surface area (TPSA) is 98.9 Å². The van der Waals surface area contributed by atoms with Crippen molar-refractivity contribution in [3.05, 3.63) is 28.3 Å². The Labute approximate surface area is 109 Å². The lowest BCUT2D eigenvalue weighted by atomic mass is 10.1. The maximum atomic E-state index is 11.0. The van der Waals surface area contributed by atoms with E-state index in [1.54, 1.807) is 13.8 Å². The van der Waals surface area contributed by atoms with Gasteiger partial charge in [0.2, 0.25) is 0 Å². The van der Waals surface area contributed by atoms with Crippen molar-refractivity contribution < 1.29 is 24.3 Å². The first kappa shape index (κ1) is 14.7. The number of benzene rings is 1. The average molecular weight is 269 g/mol. The van der Waals surface area contributed by atoms with Crippen molar-refractivity contribution in [2.24, 2.45) is 5.92 Å². The summed E-state index contributed by atoms with van der Waals surface area (Å²) in [5, 5.41) is 19.7. The SMILES string of the molecule is COc1cc([N+](=O)[O-])ccc1OC(C(=O)O)C(C)C. The van der Waals surface area contributed by atoms with Gasteiger partial charge in [-0.2, -0.15) is 0 Å². The first-order valence-corrected chi connectivity index (χ1v) is 5.58. The summed E-state index contributed by atoms with van der Waals surface area (Å²) in [5.74, 6) is -1.07. The van der Waals surface area contributed by atoms with Gasteiger partial charge in [-0.1, -0.05) is 13.8 Å². The van der Waals surface area contributed by atoms with Crippen LogP contribution in [0.2, 0.25) is 0 Å². The summed E-state index contributed by atoms with van der Waals surface area (Å²) in [5.41, 5.74) is -0.152. The minimum absolute atomic E-state index is 0.126. The van der Waals surface area contributed by atoms with E-state index in [4.69, 9.17) is 14.6 Å². The molecule has 1 atom stereocenters. The fourth-order valence-corrected chi connectivity index (χ4v) is 1.48. The van der Waals surface area contributed by atoms with Crippen LogP contribution in [-0.4, -0.2) is 29.2 Å². The standard InChI is InChI=1S/C12H15NO6/c1-7(2)11(12(14)15)19-9-5-4-8(13(16)17)6-10(9)18-3/h4-7,11H,1-3H3,(H,14,15). The molecule has 0 aliphatic heterocycles. The highest BCUT2D eigenvalue weighted by Crippen LogP contribution is 2.32. The van der Waals surface area contributed by atoms with E-state index >= 15 is 0 Å². The van der Waals surface area contributed by atoms with E-state index in [1.165, 1.54) is 25.3 Å². The molecule has 1 N–H and O–H groups in total. The molecule has 0 saturated heterocycles. The van der Waals surface area contributed by atoms with E-state index in [-0.39, 0.29) is 23.1 Å². The number of non-ortho nitro benzene ring substituents is 1. The predicted octanol–water partition coefficient (Wildman–Crippen LogP) is 2.09. The van der Waals surface area contributed by atoms with Gasteiger partial charge in [-0.3, -0.25) is 10.1 Å². The monoisotopic (exact) mass is 269 g/mol. The first-order chi connectivity index (χ1) is 8.86. The second-order valence-corrected chi connectivity index (χ2v) is 4.21. The number of ether oxygens (including phenoxy) is 2. The van der Waals surface area contributed by atoms with Gasteiger partial charge in [0, 0.05) is 12.0 Å². The number of hydrogen-bond acceptors (Lipinski definition) is 5. The molecule has 1 unspecified atom stereocenters. The van der Waals surface area contributed by atoms with Gasteiger partial charge in [0.15, 0.2) is 17.6 Å². The second-order valence-electron chi connectivity index (χ2n) is 4.21. The molecule has 0 radical (unpaired) electrons. The van der Waals surface area contributed by atoms with Crippen molar-refractivity contribution >= 4 is 11.7 Å². The zero-order chi connectivity index (χ0) is 14.6. The number of carboxylic acids is 1. The van der Waals surface area contributed by atoms with Crippen LogP contribution in [0, 0.1) is 16.0 Å². The summed E-state index contributed by atoms with van der Waals surface area (Å²) in [4.78, 5) is 21.1. The molecular formula is C12H15NO6. The molecule has 0 amide bonds. The summed E-state index contributed by atoms with van der Waals surface area (Å²) in [6, 6.07) is 3.75. The van der Waals surface area contributed by atoms with E-state index in [9.17, 15) is 14.9 Å². The molecule has 7 nitrogen and oxygen atoms in total. The minimum atomic E-state index is -1.10. The molecule has 0 aliphatic carbocycles. The zero-order valence-electron chi connectivity index (χ0n) is 10.8. The number of methoxy groups -OCH3 is 1. The van der Waals surface area contributed by atoms with Gasteiger partial charge in [0.25, 0.3) is 5.69 Å². The molecule has 0 aliphatic rings. The lowest BCUT2D eigenvalue weighted by molar-refractivity contribution is -0.385. The number of nitro groups is 1. The van der Waals surface area contributed by atoms with Crippen molar-refractivity contribution in [1.82, 2.24) is 0 Å². The molecule has 1 rings (SSSR count). The molecule has 0 fully saturated rings. The zero-order valence-corrected chi connectivity index (χ0v) is 10.8. The number of aliphatic carboxylic acids is 1. The number of carbonyl (C=O) groups is 1. The number of nitro benzene ring substituents is 1. The average Bonchev–Trinajstić information content (AvgIpc) is 2.34. The molecule has 7 heteroatoms. The number of carboxylic acid groups (broad SMARTS) is 1. The van der Waals surface area contributed by atoms with Crippen molar-refractivity contribution in [2.75, 3.05) is 7.11 Å². The quantitative estimate of drug-likeness (QED) is 0.627. The van der Waals surface area contributed by atoms with Gasteiger partial charge in [0.05, 0.1) is 18.1 Å². The maximum Gasteiger partial charge on any atom is 0.345 e. The molecule has 1 aromatic carbocycles. The Kier molecular flexibility index (Phi) is 4.68. The molecule has 19 heavy (non-hydrogen) atoms. The molecule has 0 heterocycles. The van der Waals surface area contributed by atoms with Crippen LogP contribution < -0.4 is 9.47 Å². The van der Waals surface area contributed by atoms with E-state index in [1.807, 2.05) is 0 Å². The van der Waals surface area contributed by atoms with Gasteiger partial charge < -0.3 is 14.6 Å². The van der Waals surface area contributed by atoms with Crippen LogP contribution >= 0.6 is 0 Å². The number of rotatable bonds is 6. The molecule has 1 aromatic rings. The Hall–Kier alpha value is -2.31. The lowest BCUT2D eigenvalue weighted by Crippen LogP contribution is -2.32. The van der Waals surface area contributed by atoms with Crippen molar-refractivity contribution in [1.29, 1.82) is 0 Å². The second kappa shape index (κ2) is 6.03. The molecule has 0 bridgehead atoms. The van der Waals surface area contributed by atoms with Gasteiger partial charge >= 0.3 is 5.97 Å². The summed E-state index contributed by atoms with van der Waals surface area (Å²) in [6.45, 7) is 3.41. The Morgan fingerprint density at radius 1 is 1.37 bits per heavy atom. The van der Waals surface area contributed by atoms with Crippen LogP contribution in [0.5, 0.6) is 11.5 Å². The molecular weight excluding hydrogens is 254 g/mol. The van der Waals surface area contributed by atoms with E-state index < -0.39 is 17.0 Å². The molecule has 0 spiro atoms. The smallest absolute Gasteiger partial charge is 0.345 e. The van der Waals surface area contributed by atoms with Crippen molar-refractivity contribution in [3.8, 4) is 11.5 Å². The van der Waals surface area contributed by atoms with Crippen molar-refractivity contribution in [3.63, 3.8) is 0 Å². The summed E-state index contributed by atoms with van der Waals surface area (Å²) < 4.78 is 10.3. The largest absolute Gasteiger partial charge is 0.493 e. The fourth-order valence-electron chi connectivity index (χ4n) is 1.48. The van der Waals surface area contributed by atoms with Gasteiger partial charge in [-0.25, -0.2) is 4.79 Å². The van der Waals surface area contributed by atoms with Crippen LogP contribution in [0.25, 0.3) is 0 Å². The van der Waals surface area contributed by atoms with Crippen LogP contribution in [0.4, 0.5) is 5.69 Å². The number of nitrogens with zero attached hydrogens (tertiary/aromatic N) is 1. The number of hydrogen-bond donors (Lipinski definition) is 1.